The molecule has 0 aliphatic carbocycles. The van der Waals surface area contributed by atoms with E-state index < -0.39 is 68.5 Å². The van der Waals surface area contributed by atoms with Crippen molar-refractivity contribution in [3.63, 3.8) is 0 Å². The Kier molecular flexibility index (Phi) is 16.5. The Bertz CT molecular complexity index is 461. The number of aliphatic hydroxyl groups is 7. The third kappa shape index (κ3) is 10.5. The average Bonchev–Trinajstić information content (AvgIpc) is 2.82. The Balaban J connectivity index is 5.04. The van der Waals surface area contributed by atoms with Gasteiger partial charge in [0, 0.05) is 6.61 Å². The molecule has 0 fully saturated rings. The number of carbonyl (C=O) groups is 2. The van der Waals surface area contributed by atoms with Gasteiger partial charge in [-0.3, -0.25) is 9.59 Å². The predicted octanol–water partition coefficient (Wildman–Crippen LogP) is -2.23. The van der Waals surface area contributed by atoms with Crippen molar-refractivity contribution in [1.29, 1.82) is 0 Å². The van der Waals surface area contributed by atoms with Gasteiger partial charge in [-0.1, -0.05) is 44.9 Å². The predicted molar refractivity (Wildman–Crippen MR) is 116 cm³/mol. The first kappa shape index (κ1) is 30.7. The first-order valence-electron chi connectivity index (χ1n) is 11.2. The van der Waals surface area contributed by atoms with Crippen molar-refractivity contribution >= 4 is 11.8 Å². The van der Waals surface area contributed by atoms with Crippen LogP contribution in [0.15, 0.2) is 0 Å². The SMILES string of the molecule is O=C(NC(CO)(CO)CO)C(CCCCCCCCCCO)C(=O)NC(CO)(CO)CO. The van der Waals surface area contributed by atoms with Crippen LogP contribution >= 0.6 is 0 Å². The lowest BCUT2D eigenvalue weighted by molar-refractivity contribution is -0.140. The van der Waals surface area contributed by atoms with Gasteiger partial charge in [-0.15, -0.1) is 0 Å². The van der Waals surface area contributed by atoms with Crippen molar-refractivity contribution in [1.82, 2.24) is 10.6 Å². The van der Waals surface area contributed by atoms with Gasteiger partial charge in [-0.05, 0) is 12.8 Å². The molecule has 0 aromatic heterocycles. The molecular formula is C21H42N2O9. The molecule has 2 amide bonds. The molecule has 0 unspecified atom stereocenters. The van der Waals surface area contributed by atoms with E-state index in [1.165, 1.54) is 0 Å². The van der Waals surface area contributed by atoms with E-state index in [0.717, 1.165) is 44.9 Å². The topological polar surface area (TPSA) is 200 Å². The van der Waals surface area contributed by atoms with E-state index in [2.05, 4.69) is 10.6 Å². The minimum atomic E-state index is -1.70. The number of unbranched alkanes of at least 4 members (excludes halogenated alkanes) is 7. The molecule has 0 aliphatic rings. The fraction of sp³-hybridized carbons (Fsp3) is 0.905. The van der Waals surface area contributed by atoms with Gasteiger partial charge >= 0.3 is 0 Å². The Labute approximate surface area is 189 Å². The maximum Gasteiger partial charge on any atom is 0.233 e. The maximum atomic E-state index is 12.8. The first-order chi connectivity index (χ1) is 15.3. The molecule has 0 atom stereocenters. The van der Waals surface area contributed by atoms with Crippen LogP contribution in [0.5, 0.6) is 0 Å². The number of hydrogen-bond donors (Lipinski definition) is 9. The summed E-state index contributed by atoms with van der Waals surface area (Å²) in [6.45, 7) is -4.28. The van der Waals surface area contributed by atoms with Gasteiger partial charge in [0.15, 0.2) is 0 Å². The summed E-state index contributed by atoms with van der Waals surface area (Å²) in [6.07, 6.45) is 7.12. The smallest absolute Gasteiger partial charge is 0.233 e. The Hall–Kier alpha value is -1.34. The van der Waals surface area contributed by atoms with Crippen LogP contribution in [-0.2, 0) is 9.59 Å². The fourth-order valence-electron chi connectivity index (χ4n) is 3.14. The number of nitrogens with one attached hydrogen (secondary N) is 2. The summed E-state index contributed by atoms with van der Waals surface area (Å²) in [7, 11) is 0. The highest BCUT2D eigenvalue weighted by Gasteiger charge is 2.38. The Morgan fingerprint density at radius 2 is 0.844 bits per heavy atom. The molecular weight excluding hydrogens is 424 g/mol. The fourth-order valence-corrected chi connectivity index (χ4v) is 3.14. The van der Waals surface area contributed by atoms with Crippen molar-refractivity contribution < 1.29 is 45.3 Å². The van der Waals surface area contributed by atoms with Crippen LogP contribution in [0, 0.1) is 5.92 Å². The Morgan fingerprint density at radius 1 is 0.531 bits per heavy atom. The van der Waals surface area contributed by atoms with E-state index >= 15 is 0 Å². The lowest BCUT2D eigenvalue weighted by Gasteiger charge is -2.33. The highest BCUT2D eigenvalue weighted by atomic mass is 16.3. The molecule has 32 heavy (non-hydrogen) atoms. The number of hydrogen-bond acceptors (Lipinski definition) is 9. The zero-order valence-corrected chi connectivity index (χ0v) is 18.8. The van der Waals surface area contributed by atoms with Crippen molar-refractivity contribution in [2.24, 2.45) is 5.92 Å². The van der Waals surface area contributed by atoms with E-state index in [9.17, 15) is 40.2 Å². The zero-order valence-electron chi connectivity index (χ0n) is 18.8. The van der Waals surface area contributed by atoms with Gasteiger partial charge in [0.25, 0.3) is 0 Å². The minimum Gasteiger partial charge on any atom is -0.396 e. The number of carbonyl (C=O) groups excluding carboxylic acids is 2. The number of amides is 2. The molecule has 0 bridgehead atoms. The summed E-state index contributed by atoms with van der Waals surface area (Å²) in [5, 5.41) is 70.1. The van der Waals surface area contributed by atoms with Crippen LogP contribution in [0.1, 0.15) is 57.8 Å². The number of aliphatic hydroxyl groups excluding tert-OH is 7. The summed E-state index contributed by atoms with van der Waals surface area (Å²) < 4.78 is 0. The first-order valence-corrected chi connectivity index (χ1v) is 11.2. The van der Waals surface area contributed by atoms with E-state index in [0.29, 0.717) is 6.42 Å². The van der Waals surface area contributed by atoms with Crippen molar-refractivity contribution in [3.05, 3.63) is 0 Å². The molecule has 0 saturated carbocycles. The second-order valence-electron chi connectivity index (χ2n) is 8.38. The third-order valence-electron chi connectivity index (χ3n) is 5.63. The van der Waals surface area contributed by atoms with Crippen molar-refractivity contribution in [2.45, 2.75) is 68.9 Å². The van der Waals surface area contributed by atoms with Crippen LogP contribution in [0.25, 0.3) is 0 Å². The summed E-state index contributed by atoms with van der Waals surface area (Å²) in [4.78, 5) is 25.6. The second kappa shape index (κ2) is 17.2. The third-order valence-corrected chi connectivity index (χ3v) is 5.63. The van der Waals surface area contributed by atoms with E-state index in [4.69, 9.17) is 5.11 Å². The van der Waals surface area contributed by atoms with Gasteiger partial charge in [0.2, 0.25) is 11.8 Å². The van der Waals surface area contributed by atoms with Gasteiger partial charge in [-0.25, -0.2) is 0 Å². The highest BCUT2D eigenvalue weighted by Crippen LogP contribution is 2.17. The Morgan fingerprint density at radius 3 is 1.16 bits per heavy atom. The van der Waals surface area contributed by atoms with Gasteiger partial charge in [0.05, 0.1) is 39.6 Å². The van der Waals surface area contributed by atoms with Gasteiger partial charge < -0.3 is 46.4 Å². The van der Waals surface area contributed by atoms with E-state index in [1.54, 1.807) is 0 Å². The lowest BCUT2D eigenvalue weighted by Crippen LogP contribution is -2.62. The monoisotopic (exact) mass is 466 g/mol. The van der Waals surface area contributed by atoms with Gasteiger partial charge in [-0.2, -0.15) is 0 Å². The molecule has 0 heterocycles. The van der Waals surface area contributed by atoms with Crippen molar-refractivity contribution in [2.75, 3.05) is 46.2 Å². The normalized spacial score (nSPS) is 12.2. The molecule has 0 radical (unpaired) electrons. The maximum absolute atomic E-state index is 12.8. The zero-order chi connectivity index (χ0) is 24.5. The summed E-state index contributed by atoms with van der Waals surface area (Å²) >= 11 is 0. The summed E-state index contributed by atoms with van der Waals surface area (Å²) in [5.41, 5.74) is -3.40. The molecule has 0 aliphatic heterocycles. The van der Waals surface area contributed by atoms with Crippen LogP contribution in [-0.4, -0.2) is 105 Å². The molecule has 0 aromatic carbocycles. The molecule has 0 spiro atoms. The number of rotatable bonds is 20. The molecule has 11 nitrogen and oxygen atoms in total. The molecule has 190 valence electrons. The average molecular weight is 467 g/mol. The summed E-state index contributed by atoms with van der Waals surface area (Å²) in [6, 6.07) is 0. The summed E-state index contributed by atoms with van der Waals surface area (Å²) in [5.74, 6) is -2.94. The van der Waals surface area contributed by atoms with Crippen LogP contribution in [0.2, 0.25) is 0 Å². The lowest BCUT2D eigenvalue weighted by atomic mass is 9.94. The van der Waals surface area contributed by atoms with Crippen LogP contribution in [0.3, 0.4) is 0 Å². The van der Waals surface area contributed by atoms with E-state index in [1.807, 2.05) is 0 Å². The van der Waals surface area contributed by atoms with E-state index in [-0.39, 0.29) is 13.0 Å². The van der Waals surface area contributed by atoms with Crippen LogP contribution < -0.4 is 10.6 Å². The van der Waals surface area contributed by atoms with Crippen molar-refractivity contribution in [3.8, 4) is 0 Å². The molecule has 0 saturated heterocycles. The molecule has 9 N–H and O–H groups in total. The van der Waals surface area contributed by atoms with Crippen LogP contribution in [0.4, 0.5) is 0 Å². The minimum absolute atomic E-state index is 0.124. The standard InChI is InChI=1S/C21H42N2O9/c24-10-8-6-4-2-1-3-5-7-9-17(18(31)22-20(11-25,12-26)13-27)19(32)23-21(14-28,15-29)16-30/h17,24-30H,1-16H2,(H,22,31)(H,23,32). The molecule has 11 heteroatoms. The second-order valence-corrected chi connectivity index (χ2v) is 8.38. The quantitative estimate of drug-likeness (QED) is 0.0703. The highest BCUT2D eigenvalue weighted by molar-refractivity contribution is 6.00. The van der Waals surface area contributed by atoms with Gasteiger partial charge in [0.1, 0.15) is 17.0 Å². The largest absolute Gasteiger partial charge is 0.396 e. The molecule has 0 rings (SSSR count). The molecule has 0 aromatic rings.